The molecule has 0 aromatic rings. The van der Waals surface area contributed by atoms with Gasteiger partial charge < -0.3 is 15.7 Å². The second-order valence-corrected chi connectivity index (χ2v) is 7.48. The number of carbonyl (C=O) groups excluding carboxylic acids is 1. The Morgan fingerprint density at radius 3 is 2.33 bits per heavy atom. The predicted molar refractivity (Wildman–Crippen MR) is 86.8 cm³/mol. The molecule has 1 rings (SSSR count). The van der Waals surface area contributed by atoms with Crippen LogP contribution in [-0.4, -0.2) is 41.2 Å². The molecule has 21 heavy (non-hydrogen) atoms. The SMILES string of the molecule is CCC(C)(CNC(=O)NCC1(SC)CCCCC1)C(=O)O. The first-order valence-corrected chi connectivity index (χ1v) is 8.90. The molecule has 0 aromatic carbocycles. The van der Waals surface area contributed by atoms with Crippen LogP contribution in [0.15, 0.2) is 0 Å². The second kappa shape index (κ2) is 7.92. The summed E-state index contributed by atoms with van der Waals surface area (Å²) >= 11 is 1.83. The summed E-state index contributed by atoms with van der Waals surface area (Å²) in [7, 11) is 0. The molecule has 0 aliphatic heterocycles. The zero-order valence-corrected chi connectivity index (χ0v) is 14.1. The van der Waals surface area contributed by atoms with E-state index in [0.29, 0.717) is 13.0 Å². The minimum absolute atomic E-state index is 0.149. The van der Waals surface area contributed by atoms with Crippen molar-refractivity contribution < 1.29 is 14.7 Å². The van der Waals surface area contributed by atoms with Gasteiger partial charge in [-0.25, -0.2) is 4.79 Å². The highest BCUT2D eigenvalue weighted by Gasteiger charge is 2.33. The van der Waals surface area contributed by atoms with Crippen LogP contribution < -0.4 is 10.6 Å². The fraction of sp³-hybridized carbons (Fsp3) is 0.867. The van der Waals surface area contributed by atoms with Crippen LogP contribution in [0.4, 0.5) is 4.79 Å². The Bertz CT molecular complexity index is 370. The van der Waals surface area contributed by atoms with Crippen molar-refractivity contribution in [3.63, 3.8) is 0 Å². The largest absolute Gasteiger partial charge is 0.481 e. The highest BCUT2D eigenvalue weighted by atomic mass is 32.2. The van der Waals surface area contributed by atoms with Gasteiger partial charge in [-0.2, -0.15) is 11.8 Å². The van der Waals surface area contributed by atoms with Gasteiger partial charge in [-0.3, -0.25) is 4.79 Å². The molecule has 0 radical (unpaired) electrons. The van der Waals surface area contributed by atoms with E-state index in [4.69, 9.17) is 0 Å². The summed E-state index contributed by atoms with van der Waals surface area (Å²) in [6.07, 6.45) is 8.57. The van der Waals surface area contributed by atoms with Crippen molar-refractivity contribution in [3.8, 4) is 0 Å². The number of hydrogen-bond acceptors (Lipinski definition) is 3. The van der Waals surface area contributed by atoms with Gasteiger partial charge in [-0.15, -0.1) is 0 Å². The van der Waals surface area contributed by atoms with E-state index in [1.54, 1.807) is 6.92 Å². The first-order valence-electron chi connectivity index (χ1n) is 7.68. The number of nitrogens with one attached hydrogen (secondary N) is 2. The normalized spacial score (nSPS) is 20.3. The summed E-state index contributed by atoms with van der Waals surface area (Å²) in [5.74, 6) is -0.877. The second-order valence-electron chi connectivity index (χ2n) is 6.20. The smallest absolute Gasteiger partial charge is 0.314 e. The number of carbonyl (C=O) groups is 2. The van der Waals surface area contributed by atoms with Gasteiger partial charge in [0.2, 0.25) is 0 Å². The molecule has 0 spiro atoms. The summed E-state index contributed by atoms with van der Waals surface area (Å²) in [4.78, 5) is 23.1. The third-order valence-corrected chi connectivity index (χ3v) is 6.12. The van der Waals surface area contributed by atoms with E-state index >= 15 is 0 Å². The average Bonchev–Trinajstić information content (AvgIpc) is 2.51. The first-order chi connectivity index (χ1) is 9.87. The maximum absolute atomic E-state index is 11.9. The lowest BCUT2D eigenvalue weighted by atomic mass is 9.87. The molecule has 0 heterocycles. The number of carboxylic acids is 1. The molecule has 1 unspecified atom stereocenters. The van der Waals surface area contributed by atoms with E-state index in [0.717, 1.165) is 12.8 Å². The fourth-order valence-corrected chi connectivity index (χ4v) is 3.49. The molecule has 122 valence electrons. The minimum atomic E-state index is -0.903. The highest BCUT2D eigenvalue weighted by Crippen LogP contribution is 2.37. The van der Waals surface area contributed by atoms with Crippen LogP contribution in [0, 0.1) is 5.41 Å². The molecule has 1 saturated carbocycles. The van der Waals surface area contributed by atoms with Gasteiger partial charge in [-0.1, -0.05) is 26.2 Å². The Hall–Kier alpha value is -0.910. The molecule has 1 fully saturated rings. The van der Waals surface area contributed by atoms with Crippen LogP contribution in [-0.2, 0) is 4.79 Å². The molecular weight excluding hydrogens is 288 g/mol. The molecule has 2 amide bonds. The Morgan fingerprint density at radius 2 is 1.86 bits per heavy atom. The van der Waals surface area contributed by atoms with Crippen LogP contribution in [0.25, 0.3) is 0 Å². The first kappa shape index (κ1) is 18.1. The summed E-state index contributed by atoms with van der Waals surface area (Å²) < 4.78 is 0.149. The third-order valence-electron chi connectivity index (χ3n) is 4.70. The van der Waals surface area contributed by atoms with Crippen molar-refractivity contribution in [2.75, 3.05) is 19.3 Å². The Kier molecular flexibility index (Phi) is 6.84. The van der Waals surface area contributed by atoms with Gasteiger partial charge in [-0.05, 0) is 32.4 Å². The number of thioether (sulfide) groups is 1. The number of rotatable bonds is 7. The molecule has 3 N–H and O–H groups in total. The van der Waals surface area contributed by atoms with Gasteiger partial charge in [0.1, 0.15) is 0 Å². The predicted octanol–water partition coefficient (Wildman–Crippen LogP) is 2.85. The number of carboxylic acid groups (broad SMARTS) is 1. The van der Waals surface area contributed by atoms with Gasteiger partial charge in [0, 0.05) is 17.8 Å². The van der Waals surface area contributed by atoms with Crippen molar-refractivity contribution in [1.29, 1.82) is 0 Å². The van der Waals surface area contributed by atoms with Gasteiger partial charge in [0.25, 0.3) is 0 Å². The number of aliphatic carboxylic acids is 1. The zero-order chi connectivity index (χ0) is 15.9. The standard InChI is InChI=1S/C15H28N2O3S/c1-4-14(2,12(18)19)10-16-13(20)17-11-15(21-3)8-6-5-7-9-15/h4-11H2,1-3H3,(H,18,19)(H2,16,17,20). The Labute approximate surface area is 131 Å². The van der Waals surface area contributed by atoms with Crippen molar-refractivity contribution >= 4 is 23.8 Å². The third kappa shape index (κ3) is 5.09. The molecule has 1 aliphatic rings. The molecule has 1 atom stereocenters. The Balaban J connectivity index is 2.41. The molecule has 0 aromatic heterocycles. The summed E-state index contributed by atoms with van der Waals surface area (Å²) in [6, 6.07) is -0.269. The van der Waals surface area contributed by atoms with Crippen LogP contribution in [0.2, 0.25) is 0 Å². The van der Waals surface area contributed by atoms with Gasteiger partial charge in [0.15, 0.2) is 0 Å². The average molecular weight is 316 g/mol. The zero-order valence-electron chi connectivity index (χ0n) is 13.3. The topological polar surface area (TPSA) is 78.4 Å². The number of amides is 2. The van der Waals surface area contributed by atoms with E-state index in [1.807, 2.05) is 18.7 Å². The molecule has 6 heteroatoms. The monoisotopic (exact) mass is 316 g/mol. The van der Waals surface area contributed by atoms with Gasteiger partial charge >= 0.3 is 12.0 Å². The lowest BCUT2D eigenvalue weighted by Crippen LogP contribution is -2.48. The number of hydrogen-bond donors (Lipinski definition) is 3. The van der Waals surface area contributed by atoms with Crippen molar-refractivity contribution in [2.45, 2.75) is 57.1 Å². The summed E-state index contributed by atoms with van der Waals surface area (Å²) in [5.41, 5.74) is -0.903. The van der Waals surface area contributed by atoms with Crippen molar-refractivity contribution in [1.82, 2.24) is 10.6 Å². The lowest BCUT2D eigenvalue weighted by Gasteiger charge is -2.36. The molecule has 0 saturated heterocycles. The summed E-state index contributed by atoms with van der Waals surface area (Å²) in [5, 5.41) is 14.8. The molecular formula is C15H28N2O3S. The van der Waals surface area contributed by atoms with E-state index in [2.05, 4.69) is 16.9 Å². The highest BCUT2D eigenvalue weighted by molar-refractivity contribution is 8.00. The maximum atomic E-state index is 11.9. The van der Waals surface area contributed by atoms with E-state index in [-0.39, 0.29) is 17.3 Å². The quantitative estimate of drug-likeness (QED) is 0.675. The van der Waals surface area contributed by atoms with E-state index in [9.17, 15) is 14.7 Å². The van der Waals surface area contributed by atoms with E-state index in [1.165, 1.54) is 19.3 Å². The van der Waals surface area contributed by atoms with Crippen LogP contribution in [0.1, 0.15) is 52.4 Å². The van der Waals surface area contributed by atoms with Crippen LogP contribution in [0.3, 0.4) is 0 Å². The van der Waals surface area contributed by atoms with Crippen LogP contribution in [0.5, 0.6) is 0 Å². The molecule has 1 aliphatic carbocycles. The van der Waals surface area contributed by atoms with E-state index < -0.39 is 11.4 Å². The fourth-order valence-electron chi connectivity index (χ4n) is 2.58. The van der Waals surface area contributed by atoms with Crippen LogP contribution >= 0.6 is 11.8 Å². The van der Waals surface area contributed by atoms with Crippen molar-refractivity contribution in [3.05, 3.63) is 0 Å². The lowest BCUT2D eigenvalue weighted by molar-refractivity contribution is -0.147. The molecule has 5 nitrogen and oxygen atoms in total. The number of urea groups is 1. The minimum Gasteiger partial charge on any atom is -0.481 e. The maximum Gasteiger partial charge on any atom is 0.314 e. The van der Waals surface area contributed by atoms with Gasteiger partial charge in [0.05, 0.1) is 5.41 Å². The van der Waals surface area contributed by atoms with Crippen molar-refractivity contribution in [2.24, 2.45) is 5.41 Å². The Morgan fingerprint density at radius 1 is 1.24 bits per heavy atom. The molecule has 0 bridgehead atoms. The summed E-state index contributed by atoms with van der Waals surface area (Å²) in [6.45, 7) is 4.27.